The summed E-state index contributed by atoms with van der Waals surface area (Å²) in [5.74, 6) is 0.879. The van der Waals surface area contributed by atoms with Crippen LogP contribution >= 0.6 is 12.2 Å². The van der Waals surface area contributed by atoms with Crippen molar-refractivity contribution < 1.29 is 14.2 Å². The van der Waals surface area contributed by atoms with Gasteiger partial charge in [-0.2, -0.15) is 0 Å². The highest BCUT2D eigenvalue weighted by Crippen LogP contribution is 2.12. The van der Waals surface area contributed by atoms with E-state index in [1.807, 2.05) is 43.3 Å². The summed E-state index contributed by atoms with van der Waals surface area (Å²) in [4.78, 5) is 1.81. The number of rotatable bonds is 11. The van der Waals surface area contributed by atoms with Gasteiger partial charge in [-0.15, -0.1) is 0 Å². The third-order valence-corrected chi connectivity index (χ3v) is 3.93. The smallest absolute Gasteiger partial charge is 0.258 e. The molecule has 0 aliphatic carbocycles. The number of hydrogen-bond donors (Lipinski definition) is 0. The fraction of sp³-hybridized carbons (Fsp3) is 0.611. The molecule has 130 valence electrons. The summed E-state index contributed by atoms with van der Waals surface area (Å²) in [5, 5.41) is 0.567. The van der Waals surface area contributed by atoms with E-state index in [1.165, 1.54) is 24.8 Å². The molecule has 0 saturated heterocycles. The fourth-order valence-corrected chi connectivity index (χ4v) is 2.12. The Labute approximate surface area is 145 Å². The molecule has 0 heterocycles. The van der Waals surface area contributed by atoms with E-state index in [0.717, 1.165) is 25.2 Å². The molecule has 0 aliphatic rings. The molecule has 1 aromatic rings. The number of hydrogen-bond acceptors (Lipinski definition) is 4. The molecule has 0 saturated carbocycles. The molecule has 1 rings (SSSR count). The average Bonchev–Trinajstić information content (AvgIpc) is 2.56. The highest BCUT2D eigenvalue weighted by atomic mass is 32.1. The van der Waals surface area contributed by atoms with Crippen LogP contribution < -0.4 is 4.74 Å². The lowest BCUT2D eigenvalue weighted by Gasteiger charge is -2.14. The van der Waals surface area contributed by atoms with E-state index < -0.39 is 0 Å². The van der Waals surface area contributed by atoms with Crippen molar-refractivity contribution in [3.63, 3.8) is 0 Å². The van der Waals surface area contributed by atoms with Crippen LogP contribution in [0.1, 0.15) is 37.7 Å². The molecular formula is C18H29NO3S. The molecule has 0 fully saturated rings. The average molecular weight is 340 g/mol. The van der Waals surface area contributed by atoms with Crippen LogP contribution in [0.3, 0.4) is 0 Å². The summed E-state index contributed by atoms with van der Waals surface area (Å²) >= 11 is 5.06. The van der Waals surface area contributed by atoms with Gasteiger partial charge in [-0.05, 0) is 42.8 Å². The number of benzene rings is 1. The molecule has 23 heavy (non-hydrogen) atoms. The van der Waals surface area contributed by atoms with E-state index in [1.54, 1.807) is 7.11 Å². The molecule has 0 N–H and O–H groups in total. The van der Waals surface area contributed by atoms with Crippen molar-refractivity contribution in [1.29, 1.82) is 0 Å². The van der Waals surface area contributed by atoms with Crippen LogP contribution in [-0.2, 0) is 16.1 Å². The van der Waals surface area contributed by atoms with Gasteiger partial charge in [0.1, 0.15) is 5.75 Å². The van der Waals surface area contributed by atoms with Gasteiger partial charge in [0.25, 0.3) is 5.17 Å². The van der Waals surface area contributed by atoms with Crippen molar-refractivity contribution >= 4 is 17.4 Å². The minimum atomic E-state index is 0.567. The number of ether oxygens (including phenoxy) is 3. The van der Waals surface area contributed by atoms with Crippen molar-refractivity contribution in [1.82, 2.24) is 4.90 Å². The van der Waals surface area contributed by atoms with Gasteiger partial charge in [-0.25, -0.2) is 0 Å². The van der Waals surface area contributed by atoms with Crippen LogP contribution in [0.25, 0.3) is 0 Å². The maximum absolute atomic E-state index is 5.69. The predicted octanol–water partition coefficient (Wildman–Crippen LogP) is 4.03. The zero-order valence-electron chi connectivity index (χ0n) is 14.5. The molecule has 0 spiro atoms. The maximum Gasteiger partial charge on any atom is 0.258 e. The van der Waals surface area contributed by atoms with Gasteiger partial charge < -0.3 is 19.1 Å². The molecule has 0 atom stereocenters. The summed E-state index contributed by atoms with van der Waals surface area (Å²) in [6.07, 6.45) is 5.74. The Morgan fingerprint density at radius 2 is 1.57 bits per heavy atom. The van der Waals surface area contributed by atoms with Crippen LogP contribution in [0.4, 0.5) is 0 Å². The first kappa shape index (κ1) is 19.7. The Balaban J connectivity index is 1.90. The highest BCUT2D eigenvalue weighted by molar-refractivity contribution is 7.80. The van der Waals surface area contributed by atoms with Gasteiger partial charge in [0, 0.05) is 20.7 Å². The molecule has 0 amide bonds. The zero-order valence-corrected chi connectivity index (χ0v) is 15.4. The van der Waals surface area contributed by atoms with Crippen LogP contribution in [0.2, 0.25) is 0 Å². The maximum atomic E-state index is 5.69. The first-order valence-corrected chi connectivity index (χ1v) is 8.59. The Morgan fingerprint density at radius 1 is 0.957 bits per heavy atom. The van der Waals surface area contributed by atoms with Crippen molar-refractivity contribution in [2.75, 3.05) is 34.4 Å². The Morgan fingerprint density at radius 3 is 2.17 bits per heavy atom. The summed E-state index contributed by atoms with van der Waals surface area (Å²) in [6.45, 7) is 2.19. The topological polar surface area (TPSA) is 30.9 Å². The lowest BCUT2D eigenvalue weighted by Crippen LogP contribution is -2.22. The SMILES string of the molecule is COc1ccc(COCCCCCCCOC(=S)N(C)C)cc1. The molecular weight excluding hydrogens is 310 g/mol. The first-order valence-electron chi connectivity index (χ1n) is 8.18. The summed E-state index contributed by atoms with van der Waals surface area (Å²) in [7, 11) is 5.47. The normalized spacial score (nSPS) is 10.4. The standard InChI is InChI=1S/C18H29NO3S/c1-19(2)18(23)22-14-8-6-4-5-7-13-21-15-16-9-11-17(20-3)12-10-16/h9-12H,4-8,13-15H2,1-3H3. The zero-order chi connectivity index (χ0) is 16.9. The summed E-state index contributed by atoms with van der Waals surface area (Å²) in [6, 6.07) is 8.00. The second-order valence-electron chi connectivity index (χ2n) is 5.68. The third kappa shape index (κ3) is 9.41. The molecule has 0 unspecified atom stereocenters. The number of thiocarbonyl (C=S) groups is 1. The van der Waals surface area contributed by atoms with Crippen molar-refractivity contribution in [2.45, 2.75) is 38.7 Å². The van der Waals surface area contributed by atoms with E-state index in [0.29, 0.717) is 18.4 Å². The molecule has 0 radical (unpaired) electrons. The van der Waals surface area contributed by atoms with Crippen molar-refractivity contribution in [3.8, 4) is 5.75 Å². The van der Waals surface area contributed by atoms with E-state index in [2.05, 4.69) is 0 Å². The van der Waals surface area contributed by atoms with Crippen molar-refractivity contribution in [3.05, 3.63) is 29.8 Å². The minimum absolute atomic E-state index is 0.567. The lowest BCUT2D eigenvalue weighted by atomic mass is 10.1. The van der Waals surface area contributed by atoms with Crippen LogP contribution in [0.5, 0.6) is 5.75 Å². The van der Waals surface area contributed by atoms with Crippen LogP contribution in [-0.4, -0.2) is 44.5 Å². The second kappa shape index (κ2) is 12.1. The van der Waals surface area contributed by atoms with Gasteiger partial charge >= 0.3 is 0 Å². The third-order valence-electron chi connectivity index (χ3n) is 3.45. The summed E-state index contributed by atoms with van der Waals surface area (Å²) in [5.41, 5.74) is 1.18. The van der Waals surface area contributed by atoms with Crippen molar-refractivity contribution in [2.24, 2.45) is 0 Å². The molecule has 5 heteroatoms. The molecule has 0 bridgehead atoms. The van der Waals surface area contributed by atoms with Gasteiger partial charge in [-0.3, -0.25) is 0 Å². The molecule has 4 nitrogen and oxygen atoms in total. The number of methoxy groups -OCH3 is 1. The fourth-order valence-electron chi connectivity index (χ4n) is 2.04. The quantitative estimate of drug-likeness (QED) is 0.449. The number of unbranched alkanes of at least 4 members (excludes halogenated alkanes) is 4. The van der Waals surface area contributed by atoms with E-state index >= 15 is 0 Å². The Bertz CT molecular complexity index is 434. The Hall–Kier alpha value is -1.33. The van der Waals surface area contributed by atoms with Crippen LogP contribution in [0, 0.1) is 0 Å². The minimum Gasteiger partial charge on any atom is -0.497 e. The molecule has 0 aromatic heterocycles. The largest absolute Gasteiger partial charge is 0.497 e. The van der Waals surface area contributed by atoms with Gasteiger partial charge in [-0.1, -0.05) is 31.4 Å². The molecule has 1 aromatic carbocycles. The second-order valence-corrected chi connectivity index (χ2v) is 6.03. The van der Waals surface area contributed by atoms with Crippen LogP contribution in [0.15, 0.2) is 24.3 Å². The monoisotopic (exact) mass is 339 g/mol. The van der Waals surface area contributed by atoms with Gasteiger partial charge in [0.05, 0.1) is 20.3 Å². The Kier molecular flexibility index (Phi) is 10.4. The predicted molar refractivity (Wildman–Crippen MR) is 98.0 cm³/mol. The van der Waals surface area contributed by atoms with Gasteiger partial charge in [0.2, 0.25) is 0 Å². The van der Waals surface area contributed by atoms with E-state index in [9.17, 15) is 0 Å². The lowest BCUT2D eigenvalue weighted by molar-refractivity contribution is 0.116. The highest BCUT2D eigenvalue weighted by Gasteiger charge is 1.99. The van der Waals surface area contributed by atoms with Gasteiger partial charge in [0.15, 0.2) is 0 Å². The number of nitrogens with zero attached hydrogens (tertiary/aromatic N) is 1. The summed E-state index contributed by atoms with van der Waals surface area (Å²) < 4.78 is 16.3. The van der Waals surface area contributed by atoms with E-state index in [4.69, 9.17) is 26.4 Å². The first-order chi connectivity index (χ1) is 11.1. The van der Waals surface area contributed by atoms with E-state index in [-0.39, 0.29) is 0 Å². The molecule has 0 aliphatic heterocycles.